The molecule has 5 nitrogen and oxygen atoms in total. The average Bonchev–Trinajstić information content (AvgIpc) is 3.01. The van der Waals surface area contributed by atoms with Crippen LogP contribution in [0, 0.1) is 0 Å². The predicted octanol–water partition coefficient (Wildman–Crippen LogP) is 4.46. The number of alkyl halides is 1. The number of hydrogen-bond donors (Lipinski definition) is 1. The van der Waals surface area contributed by atoms with E-state index in [4.69, 9.17) is 4.74 Å². The normalized spacial score (nSPS) is 22.4. The summed E-state index contributed by atoms with van der Waals surface area (Å²) < 4.78 is 20.5. The number of hydrogen-bond acceptors (Lipinski definition) is 5. The Labute approximate surface area is 156 Å². The summed E-state index contributed by atoms with van der Waals surface area (Å²) in [5.41, 5.74) is 2.61. The van der Waals surface area contributed by atoms with Crippen LogP contribution in [-0.2, 0) is 4.74 Å². The van der Waals surface area contributed by atoms with E-state index in [1.807, 2.05) is 18.2 Å². The van der Waals surface area contributed by atoms with Crippen molar-refractivity contribution in [3.63, 3.8) is 0 Å². The van der Waals surface area contributed by atoms with Gasteiger partial charge in [0.1, 0.15) is 11.8 Å². The molecule has 142 valence electrons. The zero-order chi connectivity index (χ0) is 18.9. The number of halogens is 1. The first-order valence-electron chi connectivity index (χ1n) is 8.88. The molecule has 0 unspecified atom stereocenters. The van der Waals surface area contributed by atoms with E-state index >= 15 is 0 Å². The molecule has 0 saturated carbocycles. The number of fused-ring (bicyclic) bond motifs is 1. The lowest BCUT2D eigenvalue weighted by Crippen LogP contribution is -2.49. The first kappa shape index (κ1) is 19.0. The summed E-state index contributed by atoms with van der Waals surface area (Å²) in [6.45, 7) is 5.72. The molecule has 1 N–H and O–H groups in total. The maximum atomic E-state index is 14.0. The Morgan fingerprint density at radius 2 is 2.27 bits per heavy atom. The van der Waals surface area contributed by atoms with Gasteiger partial charge in [-0.2, -0.15) is 0 Å². The molecule has 1 aliphatic rings. The maximum absolute atomic E-state index is 14.0. The van der Waals surface area contributed by atoms with Crippen LogP contribution in [0.3, 0.4) is 0 Å². The highest BCUT2D eigenvalue weighted by atomic mass is 32.1. The Morgan fingerprint density at radius 3 is 3.00 bits per heavy atom. The molecule has 1 amide bonds. The zero-order valence-electron chi connectivity index (χ0n) is 15.3. The molecule has 3 rings (SSSR count). The maximum Gasteiger partial charge on any atom is 0.410 e. The second kappa shape index (κ2) is 7.48. The Hall–Kier alpha value is -1.73. The van der Waals surface area contributed by atoms with Gasteiger partial charge in [0.05, 0.1) is 21.8 Å². The molecule has 1 aromatic carbocycles. The van der Waals surface area contributed by atoms with E-state index in [0.717, 1.165) is 10.2 Å². The Bertz CT molecular complexity index is 773. The lowest BCUT2D eigenvalue weighted by atomic mass is 9.93. The Morgan fingerprint density at radius 1 is 1.50 bits per heavy atom. The van der Waals surface area contributed by atoms with Gasteiger partial charge in [-0.25, -0.2) is 14.2 Å². The lowest BCUT2D eigenvalue weighted by molar-refractivity contribution is -0.00657. The predicted molar refractivity (Wildman–Crippen MR) is 100 cm³/mol. The number of ether oxygens (including phenoxy) is 1. The fourth-order valence-electron chi connectivity index (χ4n) is 3.35. The van der Waals surface area contributed by atoms with Crippen molar-refractivity contribution in [1.82, 2.24) is 9.88 Å². The highest BCUT2D eigenvalue weighted by Crippen LogP contribution is 2.32. The molecule has 0 spiro atoms. The first-order chi connectivity index (χ1) is 12.2. The van der Waals surface area contributed by atoms with E-state index < -0.39 is 30.0 Å². The van der Waals surface area contributed by atoms with Gasteiger partial charge < -0.3 is 14.7 Å². The van der Waals surface area contributed by atoms with Crippen molar-refractivity contribution in [2.45, 2.75) is 64.0 Å². The summed E-state index contributed by atoms with van der Waals surface area (Å²) >= 11 is 1.51. The van der Waals surface area contributed by atoms with Crippen molar-refractivity contribution in [3.05, 3.63) is 29.3 Å². The minimum Gasteiger partial charge on any atom is -0.444 e. The summed E-state index contributed by atoms with van der Waals surface area (Å²) in [5, 5.41) is 10.8. The van der Waals surface area contributed by atoms with Crippen molar-refractivity contribution < 1.29 is 19.0 Å². The number of amides is 1. The third-order valence-electron chi connectivity index (χ3n) is 4.53. The third-order valence-corrected chi connectivity index (χ3v) is 5.32. The quantitative estimate of drug-likeness (QED) is 0.854. The second-order valence-corrected chi connectivity index (χ2v) is 8.63. The summed E-state index contributed by atoms with van der Waals surface area (Å²) in [4.78, 5) is 18.4. The minimum atomic E-state index is -0.971. The number of likely N-dealkylation sites (tertiary alicyclic amines) is 1. The molecule has 3 atom stereocenters. The van der Waals surface area contributed by atoms with Gasteiger partial charge in [-0.3, -0.25) is 0 Å². The summed E-state index contributed by atoms with van der Waals surface area (Å²) in [6, 6.07) is 5.26. The van der Waals surface area contributed by atoms with Gasteiger partial charge in [-0.05, 0) is 46.1 Å². The molecule has 7 heteroatoms. The number of aliphatic hydroxyl groups excluding tert-OH is 1. The van der Waals surface area contributed by atoms with Crippen LogP contribution in [0.5, 0.6) is 0 Å². The van der Waals surface area contributed by atoms with E-state index in [1.54, 1.807) is 31.2 Å². The van der Waals surface area contributed by atoms with Crippen LogP contribution < -0.4 is 0 Å². The zero-order valence-corrected chi connectivity index (χ0v) is 16.1. The topological polar surface area (TPSA) is 62.7 Å². The van der Waals surface area contributed by atoms with E-state index in [2.05, 4.69) is 4.98 Å². The van der Waals surface area contributed by atoms with Crippen molar-refractivity contribution in [2.24, 2.45) is 0 Å². The van der Waals surface area contributed by atoms with Gasteiger partial charge in [0.15, 0.2) is 0 Å². The molecule has 2 heterocycles. The monoisotopic (exact) mass is 380 g/mol. The van der Waals surface area contributed by atoms with Crippen molar-refractivity contribution in [2.75, 3.05) is 6.54 Å². The van der Waals surface area contributed by atoms with Crippen LogP contribution in [0.4, 0.5) is 9.18 Å². The summed E-state index contributed by atoms with van der Waals surface area (Å²) in [5.74, 6) is 0. The van der Waals surface area contributed by atoms with Crippen LogP contribution in [-0.4, -0.2) is 45.4 Å². The largest absolute Gasteiger partial charge is 0.444 e. The van der Waals surface area contributed by atoms with E-state index in [9.17, 15) is 14.3 Å². The molecule has 0 bridgehead atoms. The Balaban J connectivity index is 1.78. The number of aliphatic hydroxyl groups is 1. The number of thiazole rings is 1. The van der Waals surface area contributed by atoms with Crippen molar-refractivity contribution >= 4 is 27.6 Å². The van der Waals surface area contributed by atoms with Crippen LogP contribution in [0.15, 0.2) is 23.7 Å². The molecule has 1 aliphatic heterocycles. The molecule has 0 radical (unpaired) electrons. The van der Waals surface area contributed by atoms with Gasteiger partial charge in [0.2, 0.25) is 0 Å². The summed E-state index contributed by atoms with van der Waals surface area (Å²) in [6.07, 6.45) is -1.47. The van der Waals surface area contributed by atoms with Crippen LogP contribution >= 0.6 is 11.3 Å². The lowest BCUT2D eigenvalue weighted by Gasteiger charge is -2.38. The fraction of sp³-hybridized carbons (Fsp3) is 0.579. The highest BCUT2D eigenvalue weighted by molar-refractivity contribution is 7.16. The standard InChI is InChI=1S/C19H25FN2O3S/c1-19(2,3)25-18(24)22-8-7-12(20)9-13(22)10-15(23)14-5-4-6-16-17(14)21-11-26-16/h4-6,11-13,15,23H,7-10H2,1-3H3/t12-,13-,15-/m1/s1. The molecule has 1 aromatic heterocycles. The molecule has 2 aromatic rings. The van der Waals surface area contributed by atoms with Crippen LogP contribution in [0.1, 0.15) is 51.7 Å². The van der Waals surface area contributed by atoms with E-state index in [-0.39, 0.29) is 12.8 Å². The summed E-state index contributed by atoms with van der Waals surface area (Å²) in [7, 11) is 0. The van der Waals surface area contributed by atoms with Gasteiger partial charge in [0.25, 0.3) is 0 Å². The number of carbonyl (C=O) groups excluding carboxylic acids is 1. The Kier molecular flexibility index (Phi) is 5.48. The van der Waals surface area contributed by atoms with Crippen LogP contribution in [0.25, 0.3) is 10.2 Å². The SMILES string of the molecule is CC(C)(C)OC(=O)N1CC[C@@H](F)C[C@@H]1C[C@@H](O)c1cccc2scnc12. The first-order valence-corrected chi connectivity index (χ1v) is 9.76. The number of nitrogens with zero attached hydrogens (tertiary/aromatic N) is 2. The highest BCUT2D eigenvalue weighted by Gasteiger charge is 2.35. The van der Waals surface area contributed by atoms with E-state index in [1.165, 1.54) is 11.3 Å². The third kappa shape index (κ3) is 4.32. The van der Waals surface area contributed by atoms with Gasteiger partial charge in [-0.1, -0.05) is 12.1 Å². The second-order valence-electron chi connectivity index (χ2n) is 7.75. The van der Waals surface area contributed by atoms with Gasteiger partial charge in [-0.15, -0.1) is 11.3 Å². The number of para-hydroxylation sites is 1. The van der Waals surface area contributed by atoms with E-state index in [0.29, 0.717) is 18.5 Å². The van der Waals surface area contributed by atoms with Crippen LogP contribution in [0.2, 0.25) is 0 Å². The fourth-order valence-corrected chi connectivity index (χ4v) is 4.06. The number of rotatable bonds is 3. The molecular formula is C19H25FN2O3S. The van der Waals surface area contributed by atoms with Crippen molar-refractivity contribution in [3.8, 4) is 0 Å². The number of carbonyl (C=O) groups is 1. The van der Waals surface area contributed by atoms with Gasteiger partial charge >= 0.3 is 6.09 Å². The van der Waals surface area contributed by atoms with Gasteiger partial charge in [0, 0.05) is 18.2 Å². The minimum absolute atomic E-state index is 0.212. The molecule has 1 saturated heterocycles. The number of piperidine rings is 1. The molecule has 1 fully saturated rings. The number of aromatic nitrogens is 1. The molecular weight excluding hydrogens is 355 g/mol. The molecule has 0 aliphatic carbocycles. The van der Waals surface area contributed by atoms with Crippen molar-refractivity contribution in [1.29, 1.82) is 0 Å². The molecule has 26 heavy (non-hydrogen) atoms. The average molecular weight is 380 g/mol. The smallest absolute Gasteiger partial charge is 0.410 e. The number of benzene rings is 1.